The molecule has 0 aromatic rings. The molecular formula is C12H26. The van der Waals surface area contributed by atoms with Crippen LogP contribution >= 0.6 is 0 Å². The lowest BCUT2D eigenvalue weighted by molar-refractivity contribution is 0.247. The smallest absolute Gasteiger partial charge is 0.0352 e. The first kappa shape index (κ1) is 12.0. The molecule has 0 aliphatic rings. The van der Waals surface area contributed by atoms with Crippen LogP contribution in [0.3, 0.4) is 0 Å². The van der Waals surface area contributed by atoms with Crippen LogP contribution in [-0.2, 0) is 0 Å². The van der Waals surface area contributed by atoms with Gasteiger partial charge in [-0.15, -0.1) is 0 Å². The molecule has 0 aliphatic heterocycles. The van der Waals surface area contributed by atoms with E-state index in [4.69, 9.17) is 0 Å². The zero-order valence-corrected chi connectivity index (χ0v) is 9.61. The summed E-state index contributed by atoms with van der Waals surface area (Å²) in [5.74, 6) is 0.900. The van der Waals surface area contributed by atoms with Crippen molar-refractivity contribution in [3.63, 3.8) is 0 Å². The molecule has 0 nitrogen and oxygen atoms in total. The molecule has 0 rings (SSSR count). The molecule has 0 radical (unpaired) electrons. The van der Waals surface area contributed by atoms with Gasteiger partial charge in [0.1, 0.15) is 0 Å². The maximum atomic E-state index is 2.41. The fourth-order valence-corrected chi connectivity index (χ4v) is 1.85. The van der Waals surface area contributed by atoms with Gasteiger partial charge >= 0.3 is 0 Å². The molecule has 0 aromatic carbocycles. The van der Waals surface area contributed by atoms with E-state index in [9.17, 15) is 0 Å². The van der Waals surface area contributed by atoms with Crippen molar-refractivity contribution >= 4 is 0 Å². The first-order chi connectivity index (χ1) is 5.52. The molecule has 12 heavy (non-hydrogen) atoms. The Hall–Kier alpha value is 0. The van der Waals surface area contributed by atoms with Gasteiger partial charge in [-0.25, -0.2) is 0 Å². The second-order valence-electron chi connectivity index (χ2n) is 4.99. The maximum absolute atomic E-state index is 2.41. The summed E-state index contributed by atoms with van der Waals surface area (Å²) in [4.78, 5) is 0. The van der Waals surface area contributed by atoms with Gasteiger partial charge in [0.15, 0.2) is 0 Å². The molecule has 0 aromatic heterocycles. The summed E-state index contributed by atoms with van der Waals surface area (Å²) in [6, 6.07) is 0. The van der Waals surface area contributed by atoms with Crippen molar-refractivity contribution in [2.75, 3.05) is 0 Å². The average Bonchev–Trinajstić information content (AvgIpc) is 2.00. The van der Waals surface area contributed by atoms with E-state index in [0.717, 1.165) is 5.92 Å². The molecule has 0 fully saturated rings. The molecule has 1 atom stereocenters. The lowest BCUT2D eigenvalue weighted by Gasteiger charge is -2.27. The van der Waals surface area contributed by atoms with Gasteiger partial charge in [-0.05, 0) is 24.2 Å². The van der Waals surface area contributed by atoms with E-state index in [2.05, 4.69) is 34.6 Å². The van der Waals surface area contributed by atoms with Gasteiger partial charge in [-0.3, -0.25) is 0 Å². The van der Waals surface area contributed by atoms with Gasteiger partial charge < -0.3 is 0 Å². The zero-order valence-electron chi connectivity index (χ0n) is 9.61. The number of hydrogen-bond acceptors (Lipinski definition) is 0. The van der Waals surface area contributed by atoms with Crippen LogP contribution in [-0.4, -0.2) is 0 Å². The Morgan fingerprint density at radius 3 is 2.17 bits per heavy atom. The van der Waals surface area contributed by atoms with E-state index in [-0.39, 0.29) is 0 Å². The minimum Gasteiger partial charge on any atom is -0.0654 e. The molecule has 0 N–H and O–H groups in total. The van der Waals surface area contributed by atoms with Crippen LogP contribution in [0.15, 0.2) is 0 Å². The van der Waals surface area contributed by atoms with Crippen LogP contribution in [0.5, 0.6) is 0 Å². The Bertz CT molecular complexity index is 103. The largest absolute Gasteiger partial charge is 0.0654 e. The van der Waals surface area contributed by atoms with Gasteiger partial charge in [-0.1, -0.05) is 53.9 Å². The highest BCUT2D eigenvalue weighted by Crippen LogP contribution is 2.31. The van der Waals surface area contributed by atoms with Gasteiger partial charge in [0, 0.05) is 0 Å². The minimum atomic E-state index is 0.575. The molecule has 0 spiro atoms. The molecule has 0 bridgehead atoms. The summed E-state index contributed by atoms with van der Waals surface area (Å²) >= 11 is 0. The summed E-state index contributed by atoms with van der Waals surface area (Å²) < 4.78 is 0. The summed E-state index contributed by atoms with van der Waals surface area (Å²) in [6.07, 6.45) is 6.85. The Balaban J connectivity index is 3.69. The fraction of sp³-hybridized carbons (Fsp3) is 1.00. The number of unbranched alkanes of at least 4 members (excludes halogenated alkanes) is 1. The second kappa shape index (κ2) is 5.61. The maximum Gasteiger partial charge on any atom is -0.0352 e. The molecule has 0 saturated carbocycles. The van der Waals surface area contributed by atoms with Crippen LogP contribution in [0.2, 0.25) is 0 Å². The SMILES string of the molecule is CCCCC(C)(C)CC(C)CC. The Labute approximate surface area is 78.8 Å². The van der Waals surface area contributed by atoms with Crippen LogP contribution in [0, 0.1) is 11.3 Å². The summed E-state index contributed by atoms with van der Waals surface area (Å²) in [6.45, 7) is 11.8. The van der Waals surface area contributed by atoms with Crippen molar-refractivity contribution in [2.45, 2.75) is 66.7 Å². The number of hydrogen-bond donors (Lipinski definition) is 0. The summed E-state index contributed by atoms with van der Waals surface area (Å²) in [7, 11) is 0. The van der Waals surface area contributed by atoms with E-state index >= 15 is 0 Å². The predicted octanol–water partition coefficient (Wildman–Crippen LogP) is 4.64. The molecule has 0 amide bonds. The molecule has 1 unspecified atom stereocenters. The molecule has 0 aliphatic carbocycles. The monoisotopic (exact) mass is 170 g/mol. The lowest BCUT2D eigenvalue weighted by Crippen LogP contribution is -2.15. The quantitative estimate of drug-likeness (QED) is 0.545. The van der Waals surface area contributed by atoms with Gasteiger partial charge in [0.05, 0.1) is 0 Å². The van der Waals surface area contributed by atoms with Crippen molar-refractivity contribution < 1.29 is 0 Å². The summed E-state index contributed by atoms with van der Waals surface area (Å²) in [5.41, 5.74) is 0.575. The second-order valence-corrected chi connectivity index (χ2v) is 4.99. The van der Waals surface area contributed by atoms with Gasteiger partial charge in [0.2, 0.25) is 0 Å². The van der Waals surface area contributed by atoms with E-state index < -0.39 is 0 Å². The van der Waals surface area contributed by atoms with Crippen molar-refractivity contribution in [3.8, 4) is 0 Å². The van der Waals surface area contributed by atoms with Crippen molar-refractivity contribution in [2.24, 2.45) is 11.3 Å². The van der Waals surface area contributed by atoms with Gasteiger partial charge in [0.25, 0.3) is 0 Å². The average molecular weight is 170 g/mol. The van der Waals surface area contributed by atoms with Crippen LogP contribution in [0.4, 0.5) is 0 Å². The summed E-state index contributed by atoms with van der Waals surface area (Å²) in [5, 5.41) is 0. The van der Waals surface area contributed by atoms with Crippen molar-refractivity contribution in [3.05, 3.63) is 0 Å². The highest BCUT2D eigenvalue weighted by molar-refractivity contribution is 4.70. The zero-order chi connectivity index (χ0) is 9.61. The normalized spacial score (nSPS) is 14.8. The minimum absolute atomic E-state index is 0.575. The molecular weight excluding hydrogens is 144 g/mol. The molecule has 0 saturated heterocycles. The van der Waals surface area contributed by atoms with Crippen LogP contribution in [0.1, 0.15) is 66.7 Å². The van der Waals surface area contributed by atoms with Crippen molar-refractivity contribution in [1.82, 2.24) is 0 Å². The Morgan fingerprint density at radius 2 is 1.75 bits per heavy atom. The van der Waals surface area contributed by atoms with E-state index in [1.54, 1.807) is 0 Å². The molecule has 0 heterocycles. The van der Waals surface area contributed by atoms with E-state index in [1.165, 1.54) is 32.1 Å². The fourth-order valence-electron chi connectivity index (χ4n) is 1.85. The third kappa shape index (κ3) is 5.62. The van der Waals surface area contributed by atoms with Crippen molar-refractivity contribution in [1.29, 1.82) is 0 Å². The Kier molecular flexibility index (Phi) is 5.61. The molecule has 0 heteroatoms. The third-order valence-corrected chi connectivity index (χ3v) is 2.81. The van der Waals surface area contributed by atoms with Gasteiger partial charge in [-0.2, -0.15) is 0 Å². The standard InChI is InChI=1S/C12H26/c1-6-8-9-12(4,5)10-11(3)7-2/h11H,6-10H2,1-5H3. The first-order valence-corrected chi connectivity index (χ1v) is 5.52. The highest BCUT2D eigenvalue weighted by atomic mass is 14.2. The number of rotatable bonds is 6. The van der Waals surface area contributed by atoms with Crippen LogP contribution < -0.4 is 0 Å². The topological polar surface area (TPSA) is 0 Å². The van der Waals surface area contributed by atoms with E-state index in [1.807, 2.05) is 0 Å². The predicted molar refractivity (Wildman–Crippen MR) is 57.4 cm³/mol. The third-order valence-electron chi connectivity index (χ3n) is 2.81. The van der Waals surface area contributed by atoms with E-state index in [0.29, 0.717) is 5.41 Å². The Morgan fingerprint density at radius 1 is 1.17 bits per heavy atom. The lowest BCUT2D eigenvalue weighted by atomic mass is 9.79. The first-order valence-electron chi connectivity index (χ1n) is 5.52. The molecule has 74 valence electrons. The highest BCUT2D eigenvalue weighted by Gasteiger charge is 2.19. The van der Waals surface area contributed by atoms with Crippen LogP contribution in [0.25, 0.3) is 0 Å².